The number of morpholine rings is 1. The fourth-order valence-corrected chi connectivity index (χ4v) is 2.51. The quantitative estimate of drug-likeness (QED) is 0.858. The van der Waals surface area contributed by atoms with Gasteiger partial charge in [-0.3, -0.25) is 4.90 Å². The van der Waals surface area contributed by atoms with Crippen LogP contribution < -0.4 is 0 Å². The van der Waals surface area contributed by atoms with Gasteiger partial charge >= 0.3 is 0 Å². The van der Waals surface area contributed by atoms with E-state index in [1.807, 2.05) is 0 Å². The maximum atomic E-state index is 5.56. The van der Waals surface area contributed by atoms with Crippen molar-refractivity contribution in [3.05, 3.63) is 35.4 Å². The van der Waals surface area contributed by atoms with Crippen LogP contribution in [0.2, 0.25) is 0 Å². The van der Waals surface area contributed by atoms with Crippen molar-refractivity contribution in [2.75, 3.05) is 32.8 Å². The number of rotatable bonds is 3. The van der Waals surface area contributed by atoms with Crippen LogP contribution in [-0.2, 0) is 9.57 Å². The fourth-order valence-electron chi connectivity index (χ4n) is 2.51. The molecular formula is C15H21ClN2O2. The van der Waals surface area contributed by atoms with E-state index in [1.54, 1.807) is 0 Å². The number of aryl methyl sites for hydroxylation is 1. The van der Waals surface area contributed by atoms with Gasteiger partial charge < -0.3 is 9.57 Å². The molecule has 0 radical (unpaired) electrons. The van der Waals surface area contributed by atoms with Crippen molar-refractivity contribution in [1.82, 2.24) is 4.90 Å². The molecule has 2 aliphatic heterocycles. The van der Waals surface area contributed by atoms with Gasteiger partial charge in [-0.05, 0) is 12.5 Å². The Morgan fingerprint density at radius 2 is 1.90 bits per heavy atom. The van der Waals surface area contributed by atoms with Gasteiger partial charge in [0.1, 0.15) is 6.10 Å². The highest BCUT2D eigenvalue weighted by atomic mass is 35.5. The minimum atomic E-state index is 0. The van der Waals surface area contributed by atoms with Crippen molar-refractivity contribution in [2.45, 2.75) is 19.4 Å². The summed E-state index contributed by atoms with van der Waals surface area (Å²) in [7, 11) is 0. The van der Waals surface area contributed by atoms with Crippen molar-refractivity contribution in [2.24, 2.45) is 5.16 Å². The van der Waals surface area contributed by atoms with Crippen LogP contribution >= 0.6 is 12.4 Å². The summed E-state index contributed by atoms with van der Waals surface area (Å²) in [5.41, 5.74) is 3.52. The van der Waals surface area contributed by atoms with Crippen LogP contribution in [0.25, 0.3) is 0 Å². The van der Waals surface area contributed by atoms with Crippen LogP contribution in [0.5, 0.6) is 0 Å². The standard InChI is InChI=1S/C15H20N2O2.ClH/c1-12-2-4-13(5-3-12)15-10-14(19-16-15)11-17-6-8-18-9-7-17;/h2-5,14H,6-11H2,1H3;1H. The lowest BCUT2D eigenvalue weighted by molar-refractivity contribution is -0.0000387. The largest absolute Gasteiger partial charge is 0.390 e. The molecule has 1 unspecified atom stereocenters. The van der Waals surface area contributed by atoms with E-state index in [1.165, 1.54) is 11.1 Å². The topological polar surface area (TPSA) is 34.1 Å². The van der Waals surface area contributed by atoms with E-state index in [-0.39, 0.29) is 18.5 Å². The minimum Gasteiger partial charge on any atom is -0.390 e. The summed E-state index contributed by atoms with van der Waals surface area (Å²) in [6.45, 7) is 6.70. The molecule has 0 amide bonds. The number of benzene rings is 1. The zero-order chi connectivity index (χ0) is 13.1. The normalized spacial score (nSPS) is 22.9. The lowest BCUT2D eigenvalue weighted by Crippen LogP contribution is -2.41. The van der Waals surface area contributed by atoms with E-state index in [2.05, 4.69) is 41.2 Å². The summed E-state index contributed by atoms with van der Waals surface area (Å²) in [5, 5.41) is 4.24. The van der Waals surface area contributed by atoms with Gasteiger partial charge in [0.25, 0.3) is 0 Å². The van der Waals surface area contributed by atoms with Gasteiger partial charge in [0, 0.05) is 26.1 Å². The van der Waals surface area contributed by atoms with Gasteiger partial charge in [-0.25, -0.2) is 0 Å². The summed E-state index contributed by atoms with van der Waals surface area (Å²) in [4.78, 5) is 7.95. The monoisotopic (exact) mass is 296 g/mol. The molecule has 0 N–H and O–H groups in total. The van der Waals surface area contributed by atoms with E-state index in [0.717, 1.165) is 45.0 Å². The van der Waals surface area contributed by atoms with Crippen molar-refractivity contribution in [3.8, 4) is 0 Å². The molecule has 1 atom stereocenters. The summed E-state index contributed by atoms with van der Waals surface area (Å²) in [6.07, 6.45) is 1.09. The molecule has 1 fully saturated rings. The summed E-state index contributed by atoms with van der Waals surface area (Å²) in [6, 6.07) is 8.48. The molecule has 2 heterocycles. The minimum absolute atomic E-state index is 0. The first-order chi connectivity index (χ1) is 9.31. The number of halogens is 1. The molecule has 2 aliphatic rings. The third kappa shape index (κ3) is 3.72. The molecule has 5 heteroatoms. The van der Waals surface area contributed by atoms with E-state index in [9.17, 15) is 0 Å². The number of hydrogen-bond acceptors (Lipinski definition) is 4. The summed E-state index contributed by atoms with van der Waals surface area (Å²) in [5.74, 6) is 0. The summed E-state index contributed by atoms with van der Waals surface area (Å²) >= 11 is 0. The smallest absolute Gasteiger partial charge is 0.145 e. The lowest BCUT2D eigenvalue weighted by atomic mass is 10.0. The molecule has 0 spiro atoms. The van der Waals surface area contributed by atoms with Gasteiger partial charge in [0.15, 0.2) is 0 Å². The SMILES string of the molecule is Cc1ccc(C2=NOC(CN3CCOCC3)C2)cc1.Cl. The molecule has 1 aromatic carbocycles. The highest BCUT2D eigenvalue weighted by Crippen LogP contribution is 2.18. The number of ether oxygens (including phenoxy) is 1. The zero-order valence-electron chi connectivity index (χ0n) is 11.7. The van der Waals surface area contributed by atoms with Crippen LogP contribution in [0.3, 0.4) is 0 Å². The Morgan fingerprint density at radius 3 is 2.60 bits per heavy atom. The Kier molecular flexibility index (Phi) is 5.40. The van der Waals surface area contributed by atoms with E-state index < -0.39 is 0 Å². The molecule has 1 aromatic rings. The van der Waals surface area contributed by atoms with Gasteiger partial charge in [0.05, 0.1) is 18.9 Å². The number of hydrogen-bond donors (Lipinski definition) is 0. The highest BCUT2D eigenvalue weighted by molar-refractivity contribution is 6.01. The maximum absolute atomic E-state index is 5.56. The first-order valence-corrected chi connectivity index (χ1v) is 6.91. The third-order valence-corrected chi connectivity index (χ3v) is 3.68. The van der Waals surface area contributed by atoms with Gasteiger partial charge in [0.2, 0.25) is 0 Å². The fraction of sp³-hybridized carbons (Fsp3) is 0.533. The van der Waals surface area contributed by atoms with Gasteiger partial charge in [-0.15, -0.1) is 12.4 Å². The van der Waals surface area contributed by atoms with Crippen LogP contribution in [0, 0.1) is 6.92 Å². The van der Waals surface area contributed by atoms with Crippen LogP contribution in [0.1, 0.15) is 17.5 Å². The van der Waals surface area contributed by atoms with Crippen LogP contribution in [0.15, 0.2) is 29.4 Å². The third-order valence-electron chi connectivity index (χ3n) is 3.68. The van der Waals surface area contributed by atoms with Gasteiger partial charge in [-0.2, -0.15) is 0 Å². The molecular weight excluding hydrogens is 276 g/mol. The van der Waals surface area contributed by atoms with Crippen LogP contribution in [0.4, 0.5) is 0 Å². The second-order valence-corrected chi connectivity index (χ2v) is 5.25. The average molecular weight is 297 g/mol. The van der Waals surface area contributed by atoms with Gasteiger partial charge in [-0.1, -0.05) is 35.0 Å². The predicted molar refractivity (Wildman–Crippen MR) is 81.7 cm³/mol. The number of nitrogens with zero attached hydrogens (tertiary/aromatic N) is 2. The molecule has 1 saturated heterocycles. The predicted octanol–water partition coefficient (Wildman–Crippen LogP) is 2.24. The van der Waals surface area contributed by atoms with Crippen molar-refractivity contribution in [1.29, 1.82) is 0 Å². The average Bonchev–Trinajstić information content (AvgIpc) is 2.89. The molecule has 0 aromatic heterocycles. The Hall–Kier alpha value is -1.10. The Labute approximate surface area is 126 Å². The Balaban J connectivity index is 0.00000147. The van der Waals surface area contributed by atoms with Crippen LogP contribution in [-0.4, -0.2) is 49.6 Å². The van der Waals surface area contributed by atoms with E-state index in [0.29, 0.717) is 0 Å². The molecule has 0 aliphatic carbocycles. The summed E-state index contributed by atoms with van der Waals surface area (Å²) < 4.78 is 5.35. The molecule has 0 saturated carbocycles. The first-order valence-electron chi connectivity index (χ1n) is 6.91. The molecule has 20 heavy (non-hydrogen) atoms. The van der Waals surface area contributed by atoms with E-state index >= 15 is 0 Å². The number of oxime groups is 1. The lowest BCUT2D eigenvalue weighted by Gasteiger charge is -2.27. The second-order valence-electron chi connectivity index (χ2n) is 5.25. The maximum Gasteiger partial charge on any atom is 0.145 e. The molecule has 0 bridgehead atoms. The Bertz CT molecular complexity index is 455. The molecule has 4 nitrogen and oxygen atoms in total. The second kappa shape index (κ2) is 7.07. The van der Waals surface area contributed by atoms with E-state index in [4.69, 9.17) is 9.57 Å². The van der Waals surface area contributed by atoms with Crippen molar-refractivity contribution >= 4 is 18.1 Å². The molecule has 110 valence electrons. The Morgan fingerprint density at radius 1 is 1.20 bits per heavy atom. The first kappa shape index (κ1) is 15.3. The zero-order valence-corrected chi connectivity index (χ0v) is 12.6. The molecule has 3 rings (SSSR count). The van der Waals surface area contributed by atoms with Crippen molar-refractivity contribution < 1.29 is 9.57 Å². The highest BCUT2D eigenvalue weighted by Gasteiger charge is 2.25. The van der Waals surface area contributed by atoms with Crippen molar-refractivity contribution in [3.63, 3.8) is 0 Å².